The van der Waals surface area contributed by atoms with Gasteiger partial charge in [-0.2, -0.15) is 0 Å². The molecule has 0 aliphatic carbocycles. The fourth-order valence-electron chi connectivity index (χ4n) is 2.36. The highest BCUT2D eigenvalue weighted by molar-refractivity contribution is 7.09. The van der Waals surface area contributed by atoms with E-state index in [9.17, 15) is 0 Å². The van der Waals surface area contributed by atoms with Gasteiger partial charge in [-0.25, -0.2) is 4.98 Å². The Bertz CT molecular complexity index is 550. The fraction of sp³-hybridized carbons (Fsp3) is 0.471. The first-order valence-corrected chi connectivity index (χ1v) is 8.57. The number of nitrogens with one attached hydrogen (secondary N) is 1. The molecule has 0 radical (unpaired) electrons. The van der Waals surface area contributed by atoms with Gasteiger partial charge in [0.25, 0.3) is 0 Å². The summed E-state index contributed by atoms with van der Waals surface area (Å²) in [6.07, 6.45) is 1.16. The molecular weight excluding hydrogens is 278 g/mol. The molecular formula is C17H25N3S. The predicted octanol–water partition coefficient (Wildman–Crippen LogP) is 3.98. The smallest absolute Gasteiger partial charge is 0.107 e. The number of hydrogen-bond donors (Lipinski definition) is 1. The van der Waals surface area contributed by atoms with Gasteiger partial charge in [0.2, 0.25) is 0 Å². The average Bonchev–Trinajstić information content (AvgIpc) is 2.93. The van der Waals surface area contributed by atoms with Crippen LogP contribution in [0.3, 0.4) is 0 Å². The molecule has 0 atom stereocenters. The fourth-order valence-corrected chi connectivity index (χ4v) is 3.11. The van der Waals surface area contributed by atoms with Crippen LogP contribution >= 0.6 is 11.3 Å². The highest BCUT2D eigenvalue weighted by Crippen LogP contribution is 2.22. The van der Waals surface area contributed by atoms with Crippen LogP contribution in [0.5, 0.6) is 0 Å². The van der Waals surface area contributed by atoms with Gasteiger partial charge in [-0.15, -0.1) is 11.3 Å². The van der Waals surface area contributed by atoms with Crippen LogP contribution in [-0.2, 0) is 13.1 Å². The van der Waals surface area contributed by atoms with E-state index < -0.39 is 0 Å². The molecule has 0 aliphatic rings. The molecule has 4 heteroatoms. The standard InChI is InChI=1S/C17H25N3S/c1-4-10-18-11-17-19-15(13-21-17)12-20(5-2)16-9-7-6-8-14(16)3/h6-9,13,18H,4-5,10-12H2,1-3H3. The zero-order valence-electron chi connectivity index (χ0n) is 13.2. The summed E-state index contributed by atoms with van der Waals surface area (Å²) in [6.45, 7) is 10.4. The number of anilines is 1. The van der Waals surface area contributed by atoms with Crippen molar-refractivity contribution in [2.45, 2.75) is 40.3 Å². The van der Waals surface area contributed by atoms with Crippen LogP contribution in [0.15, 0.2) is 29.6 Å². The molecule has 1 N–H and O–H groups in total. The molecule has 0 saturated carbocycles. The number of thiazole rings is 1. The Morgan fingerprint density at radius 2 is 2.05 bits per heavy atom. The number of aryl methyl sites for hydroxylation is 1. The van der Waals surface area contributed by atoms with Gasteiger partial charge in [0, 0.05) is 24.2 Å². The first kappa shape index (κ1) is 16.0. The second-order valence-corrected chi connectivity index (χ2v) is 6.15. The van der Waals surface area contributed by atoms with E-state index in [4.69, 9.17) is 4.98 Å². The van der Waals surface area contributed by atoms with Crippen molar-refractivity contribution in [2.75, 3.05) is 18.0 Å². The van der Waals surface area contributed by atoms with E-state index in [0.29, 0.717) is 0 Å². The van der Waals surface area contributed by atoms with Gasteiger partial charge in [0.15, 0.2) is 0 Å². The van der Waals surface area contributed by atoms with Gasteiger partial charge in [-0.1, -0.05) is 25.1 Å². The Labute approximate surface area is 132 Å². The van der Waals surface area contributed by atoms with Crippen molar-refractivity contribution in [3.05, 3.63) is 45.9 Å². The monoisotopic (exact) mass is 303 g/mol. The van der Waals surface area contributed by atoms with Crippen LogP contribution in [0.2, 0.25) is 0 Å². The topological polar surface area (TPSA) is 28.2 Å². The summed E-state index contributed by atoms with van der Waals surface area (Å²) in [7, 11) is 0. The van der Waals surface area contributed by atoms with E-state index >= 15 is 0 Å². The number of rotatable bonds is 8. The molecule has 0 bridgehead atoms. The predicted molar refractivity (Wildman–Crippen MR) is 92.0 cm³/mol. The Morgan fingerprint density at radius 3 is 2.76 bits per heavy atom. The van der Waals surface area contributed by atoms with Crippen molar-refractivity contribution in [3.8, 4) is 0 Å². The second-order valence-electron chi connectivity index (χ2n) is 5.21. The first-order valence-electron chi connectivity index (χ1n) is 7.69. The molecule has 0 spiro atoms. The summed E-state index contributed by atoms with van der Waals surface area (Å²) in [6, 6.07) is 8.55. The Hall–Kier alpha value is -1.39. The normalized spacial score (nSPS) is 10.8. The van der Waals surface area contributed by atoms with Gasteiger partial charge < -0.3 is 10.2 Å². The van der Waals surface area contributed by atoms with E-state index in [0.717, 1.165) is 32.6 Å². The third kappa shape index (κ3) is 4.55. The van der Waals surface area contributed by atoms with Crippen LogP contribution in [0.25, 0.3) is 0 Å². The average molecular weight is 303 g/mol. The van der Waals surface area contributed by atoms with Gasteiger partial charge >= 0.3 is 0 Å². The lowest BCUT2D eigenvalue weighted by atomic mass is 10.2. The highest BCUT2D eigenvalue weighted by Gasteiger charge is 2.10. The number of para-hydroxylation sites is 1. The Morgan fingerprint density at radius 1 is 1.24 bits per heavy atom. The molecule has 3 nitrogen and oxygen atoms in total. The van der Waals surface area contributed by atoms with Crippen LogP contribution in [-0.4, -0.2) is 18.1 Å². The molecule has 1 aromatic heterocycles. The summed E-state index contributed by atoms with van der Waals surface area (Å²) < 4.78 is 0. The number of nitrogens with zero attached hydrogens (tertiary/aromatic N) is 2. The quantitative estimate of drug-likeness (QED) is 0.748. The van der Waals surface area contributed by atoms with Crippen molar-refractivity contribution in [1.82, 2.24) is 10.3 Å². The minimum atomic E-state index is 0.881. The van der Waals surface area contributed by atoms with Crippen molar-refractivity contribution in [3.63, 3.8) is 0 Å². The molecule has 0 amide bonds. The van der Waals surface area contributed by atoms with E-state index in [2.05, 4.69) is 60.6 Å². The summed E-state index contributed by atoms with van der Waals surface area (Å²) in [5, 5.41) is 6.77. The zero-order valence-corrected chi connectivity index (χ0v) is 14.0. The molecule has 114 valence electrons. The number of hydrogen-bond acceptors (Lipinski definition) is 4. The maximum Gasteiger partial charge on any atom is 0.107 e. The molecule has 1 aromatic carbocycles. The molecule has 0 saturated heterocycles. The molecule has 0 unspecified atom stereocenters. The number of benzene rings is 1. The SMILES string of the molecule is CCCNCc1nc(CN(CC)c2ccccc2C)cs1. The van der Waals surface area contributed by atoms with Gasteiger partial charge in [-0.05, 0) is 38.4 Å². The molecule has 0 fully saturated rings. The van der Waals surface area contributed by atoms with Crippen molar-refractivity contribution in [2.24, 2.45) is 0 Å². The molecule has 2 aromatic rings. The van der Waals surface area contributed by atoms with E-state index in [1.807, 2.05) is 0 Å². The number of aromatic nitrogens is 1. The van der Waals surface area contributed by atoms with E-state index in [-0.39, 0.29) is 0 Å². The Kier molecular flexibility index (Phi) is 6.21. The van der Waals surface area contributed by atoms with Crippen molar-refractivity contribution in [1.29, 1.82) is 0 Å². The molecule has 0 aliphatic heterocycles. The molecule has 1 heterocycles. The van der Waals surface area contributed by atoms with E-state index in [1.54, 1.807) is 11.3 Å². The van der Waals surface area contributed by atoms with Gasteiger partial charge in [-0.3, -0.25) is 0 Å². The third-order valence-electron chi connectivity index (χ3n) is 3.49. The van der Waals surface area contributed by atoms with Gasteiger partial charge in [0.1, 0.15) is 5.01 Å². The zero-order chi connectivity index (χ0) is 15.1. The highest BCUT2D eigenvalue weighted by atomic mass is 32.1. The first-order chi connectivity index (χ1) is 10.2. The Balaban J connectivity index is 2.01. The van der Waals surface area contributed by atoms with Crippen molar-refractivity contribution >= 4 is 17.0 Å². The maximum absolute atomic E-state index is 4.74. The summed E-state index contributed by atoms with van der Waals surface area (Å²) in [4.78, 5) is 7.12. The lowest BCUT2D eigenvalue weighted by Crippen LogP contribution is -2.23. The van der Waals surface area contributed by atoms with Crippen molar-refractivity contribution < 1.29 is 0 Å². The molecule has 2 rings (SSSR count). The van der Waals surface area contributed by atoms with Crippen LogP contribution in [0.1, 0.15) is 36.5 Å². The third-order valence-corrected chi connectivity index (χ3v) is 4.39. The second kappa shape index (κ2) is 8.15. The minimum Gasteiger partial charge on any atom is -0.366 e. The summed E-state index contributed by atoms with van der Waals surface area (Å²) in [5.74, 6) is 0. The van der Waals surface area contributed by atoms with E-state index in [1.165, 1.54) is 22.0 Å². The maximum atomic E-state index is 4.74. The summed E-state index contributed by atoms with van der Waals surface area (Å²) in [5.41, 5.74) is 3.79. The minimum absolute atomic E-state index is 0.881. The largest absolute Gasteiger partial charge is 0.366 e. The summed E-state index contributed by atoms with van der Waals surface area (Å²) >= 11 is 1.75. The van der Waals surface area contributed by atoms with Crippen LogP contribution in [0, 0.1) is 6.92 Å². The van der Waals surface area contributed by atoms with Crippen LogP contribution in [0.4, 0.5) is 5.69 Å². The van der Waals surface area contributed by atoms with Gasteiger partial charge in [0.05, 0.1) is 12.2 Å². The lowest BCUT2D eigenvalue weighted by Gasteiger charge is -2.24. The molecule has 21 heavy (non-hydrogen) atoms. The lowest BCUT2D eigenvalue weighted by molar-refractivity contribution is 0.670. The van der Waals surface area contributed by atoms with Crippen LogP contribution < -0.4 is 10.2 Å².